The lowest BCUT2D eigenvalue weighted by atomic mass is 10.1. The minimum atomic E-state index is 0.0414. The Labute approximate surface area is 170 Å². The van der Waals surface area contributed by atoms with E-state index in [0.717, 1.165) is 39.4 Å². The molecule has 29 heavy (non-hydrogen) atoms. The summed E-state index contributed by atoms with van der Waals surface area (Å²) in [7, 11) is 0. The Morgan fingerprint density at radius 1 is 1.10 bits per heavy atom. The number of nitrogens with zero attached hydrogens (tertiary/aromatic N) is 2. The summed E-state index contributed by atoms with van der Waals surface area (Å²) in [6.45, 7) is 8.29. The van der Waals surface area contributed by atoms with Crippen molar-refractivity contribution in [1.29, 1.82) is 0 Å². The summed E-state index contributed by atoms with van der Waals surface area (Å²) in [5.74, 6) is 2.18. The Balaban J connectivity index is 1.69. The van der Waals surface area contributed by atoms with Gasteiger partial charge in [0.2, 0.25) is 0 Å². The number of aromatic nitrogens is 3. The smallest absolute Gasteiger partial charge is 0.157 e. The van der Waals surface area contributed by atoms with Crippen LogP contribution < -0.4 is 9.47 Å². The molecule has 0 radical (unpaired) electrons. The molecule has 2 aromatic carbocycles. The first-order valence-electron chi connectivity index (χ1n) is 9.58. The first-order valence-corrected chi connectivity index (χ1v) is 9.58. The molecule has 0 bridgehead atoms. The standard InChI is InChI=1S/C24H23N3O2/c1-4-17-12-21-24(25-14-17)27-23(26-21)20-13-19(10-11-22(20)29-16(2)3)28-15-18-8-6-5-7-9-18/h4-14,16H,1,15H2,2-3H3,(H,25,26,27). The second-order valence-corrected chi connectivity index (χ2v) is 7.02. The van der Waals surface area contributed by atoms with E-state index in [2.05, 4.69) is 16.5 Å². The number of hydrogen-bond donors (Lipinski definition) is 1. The van der Waals surface area contributed by atoms with Crippen LogP contribution in [-0.4, -0.2) is 21.1 Å². The van der Waals surface area contributed by atoms with Crippen molar-refractivity contribution >= 4 is 17.2 Å². The van der Waals surface area contributed by atoms with Crippen LogP contribution in [-0.2, 0) is 6.61 Å². The average molecular weight is 385 g/mol. The zero-order valence-electron chi connectivity index (χ0n) is 16.6. The molecule has 4 rings (SSSR count). The van der Waals surface area contributed by atoms with Crippen LogP contribution in [0.1, 0.15) is 25.0 Å². The Kier molecular flexibility index (Phi) is 5.29. The highest BCUT2D eigenvalue weighted by Crippen LogP contribution is 2.34. The van der Waals surface area contributed by atoms with Crippen LogP contribution in [0, 0.1) is 0 Å². The SMILES string of the molecule is C=Cc1cnc2[nH]c(-c3cc(OCc4ccccc4)ccc3OC(C)C)nc2c1. The third-order valence-electron chi connectivity index (χ3n) is 4.41. The molecule has 146 valence electrons. The highest BCUT2D eigenvalue weighted by Gasteiger charge is 2.15. The average Bonchev–Trinajstić information content (AvgIpc) is 3.16. The fraction of sp³-hybridized carbons (Fsp3) is 0.167. The monoisotopic (exact) mass is 385 g/mol. The van der Waals surface area contributed by atoms with Crippen LogP contribution in [0.15, 0.2) is 67.4 Å². The molecule has 0 aliphatic carbocycles. The molecule has 0 saturated heterocycles. The van der Waals surface area contributed by atoms with Crippen molar-refractivity contribution in [2.24, 2.45) is 0 Å². The van der Waals surface area contributed by atoms with Gasteiger partial charge in [0.25, 0.3) is 0 Å². The van der Waals surface area contributed by atoms with E-state index in [-0.39, 0.29) is 6.10 Å². The molecule has 0 unspecified atom stereocenters. The summed E-state index contributed by atoms with van der Waals surface area (Å²) in [4.78, 5) is 12.4. The lowest BCUT2D eigenvalue weighted by Crippen LogP contribution is -2.07. The van der Waals surface area contributed by atoms with Crippen molar-refractivity contribution in [3.8, 4) is 22.9 Å². The second-order valence-electron chi connectivity index (χ2n) is 7.02. The zero-order chi connectivity index (χ0) is 20.2. The maximum absolute atomic E-state index is 6.01. The molecule has 5 heteroatoms. The molecule has 4 aromatic rings. The Morgan fingerprint density at radius 3 is 2.69 bits per heavy atom. The van der Waals surface area contributed by atoms with Gasteiger partial charge in [0.1, 0.15) is 29.4 Å². The molecule has 0 fully saturated rings. The van der Waals surface area contributed by atoms with Crippen LogP contribution in [0.3, 0.4) is 0 Å². The van der Waals surface area contributed by atoms with Crippen LogP contribution in [0.2, 0.25) is 0 Å². The van der Waals surface area contributed by atoms with Crippen molar-refractivity contribution in [2.45, 2.75) is 26.6 Å². The van der Waals surface area contributed by atoms with Crippen LogP contribution in [0.4, 0.5) is 0 Å². The van der Waals surface area contributed by atoms with Gasteiger partial charge in [-0.2, -0.15) is 0 Å². The molecule has 0 spiro atoms. The van der Waals surface area contributed by atoms with Gasteiger partial charge in [0, 0.05) is 6.20 Å². The Morgan fingerprint density at radius 2 is 1.93 bits per heavy atom. The van der Waals surface area contributed by atoms with Gasteiger partial charge in [0.15, 0.2) is 5.65 Å². The van der Waals surface area contributed by atoms with Crippen LogP contribution in [0.25, 0.3) is 28.6 Å². The van der Waals surface area contributed by atoms with Crippen molar-refractivity contribution in [1.82, 2.24) is 15.0 Å². The van der Waals surface area contributed by atoms with Crippen molar-refractivity contribution in [3.63, 3.8) is 0 Å². The Bertz CT molecular complexity index is 1130. The van der Waals surface area contributed by atoms with Gasteiger partial charge in [-0.15, -0.1) is 0 Å². The molecule has 0 atom stereocenters. The molecule has 2 aromatic heterocycles. The largest absolute Gasteiger partial charge is 0.490 e. The first kappa shape index (κ1) is 18.7. The highest BCUT2D eigenvalue weighted by molar-refractivity contribution is 5.79. The quantitative estimate of drug-likeness (QED) is 0.448. The summed E-state index contributed by atoms with van der Waals surface area (Å²) in [6.07, 6.45) is 3.56. The van der Waals surface area contributed by atoms with E-state index in [9.17, 15) is 0 Å². The second kappa shape index (κ2) is 8.19. The van der Waals surface area contributed by atoms with Crippen molar-refractivity contribution < 1.29 is 9.47 Å². The lowest BCUT2D eigenvalue weighted by Gasteiger charge is -2.15. The van der Waals surface area contributed by atoms with E-state index in [1.807, 2.05) is 68.4 Å². The molecule has 2 heterocycles. The molecular weight excluding hydrogens is 362 g/mol. The van der Waals surface area contributed by atoms with E-state index >= 15 is 0 Å². The minimum absolute atomic E-state index is 0.0414. The number of pyridine rings is 1. The molecule has 5 nitrogen and oxygen atoms in total. The van der Waals surface area contributed by atoms with Gasteiger partial charge in [-0.3, -0.25) is 0 Å². The number of hydrogen-bond acceptors (Lipinski definition) is 4. The zero-order valence-corrected chi connectivity index (χ0v) is 16.6. The number of nitrogens with one attached hydrogen (secondary N) is 1. The fourth-order valence-corrected chi connectivity index (χ4v) is 3.03. The van der Waals surface area contributed by atoms with Gasteiger partial charge in [-0.05, 0) is 49.2 Å². The van der Waals surface area contributed by atoms with Gasteiger partial charge in [0.05, 0.1) is 11.7 Å². The molecule has 0 saturated carbocycles. The highest BCUT2D eigenvalue weighted by atomic mass is 16.5. The fourth-order valence-electron chi connectivity index (χ4n) is 3.03. The summed E-state index contributed by atoms with van der Waals surface area (Å²) >= 11 is 0. The number of imidazole rings is 1. The third-order valence-corrected chi connectivity index (χ3v) is 4.41. The summed E-state index contributed by atoms with van der Waals surface area (Å²) < 4.78 is 12.0. The molecule has 0 aliphatic heterocycles. The molecule has 1 N–H and O–H groups in total. The van der Waals surface area contributed by atoms with Gasteiger partial charge < -0.3 is 14.5 Å². The van der Waals surface area contributed by atoms with Gasteiger partial charge in [-0.1, -0.05) is 43.0 Å². The predicted molar refractivity (Wildman–Crippen MR) is 116 cm³/mol. The number of rotatable bonds is 7. The third kappa shape index (κ3) is 4.29. The number of fused-ring (bicyclic) bond motifs is 1. The predicted octanol–water partition coefficient (Wildman–Crippen LogP) is 5.63. The van der Waals surface area contributed by atoms with E-state index in [1.54, 1.807) is 12.3 Å². The van der Waals surface area contributed by atoms with Crippen molar-refractivity contribution in [3.05, 3.63) is 78.5 Å². The minimum Gasteiger partial charge on any atom is -0.490 e. The topological polar surface area (TPSA) is 60.0 Å². The van der Waals surface area contributed by atoms with E-state index < -0.39 is 0 Å². The summed E-state index contributed by atoms with van der Waals surface area (Å²) in [5, 5.41) is 0. The molecule has 0 aliphatic rings. The van der Waals surface area contributed by atoms with Gasteiger partial charge in [-0.25, -0.2) is 9.97 Å². The van der Waals surface area contributed by atoms with Crippen LogP contribution in [0.5, 0.6) is 11.5 Å². The van der Waals surface area contributed by atoms with E-state index in [4.69, 9.17) is 14.5 Å². The number of H-pyrrole nitrogens is 1. The molecular formula is C24H23N3O2. The van der Waals surface area contributed by atoms with E-state index in [1.165, 1.54) is 0 Å². The number of ether oxygens (including phenoxy) is 2. The summed E-state index contributed by atoms with van der Waals surface area (Å²) in [5.41, 5.74) is 4.37. The number of benzene rings is 2. The lowest BCUT2D eigenvalue weighted by molar-refractivity contribution is 0.242. The van der Waals surface area contributed by atoms with Crippen molar-refractivity contribution in [2.75, 3.05) is 0 Å². The Hall–Kier alpha value is -3.60. The van der Waals surface area contributed by atoms with E-state index in [0.29, 0.717) is 12.4 Å². The van der Waals surface area contributed by atoms with Gasteiger partial charge >= 0.3 is 0 Å². The maximum Gasteiger partial charge on any atom is 0.157 e. The summed E-state index contributed by atoms with van der Waals surface area (Å²) in [6, 6.07) is 17.8. The first-order chi connectivity index (χ1) is 14.1. The molecule has 0 amide bonds. The number of aromatic amines is 1. The maximum atomic E-state index is 6.01. The normalized spacial score (nSPS) is 11.0. The van der Waals surface area contributed by atoms with Crippen LogP contribution >= 0.6 is 0 Å².